The first-order valence-electron chi connectivity index (χ1n) is 6.67. The SMILES string of the molecule is Cc1cccc(C)c1OCc1ccc(C#CCN)cc1. The monoisotopic (exact) mass is 265 g/mol. The van der Waals surface area contributed by atoms with Crippen molar-refractivity contribution in [3.8, 4) is 17.6 Å². The van der Waals surface area contributed by atoms with E-state index in [0.717, 1.165) is 28.0 Å². The normalized spacial score (nSPS) is 9.75. The van der Waals surface area contributed by atoms with Gasteiger partial charge in [-0.15, -0.1) is 0 Å². The molecule has 0 bridgehead atoms. The highest BCUT2D eigenvalue weighted by atomic mass is 16.5. The maximum atomic E-state index is 5.92. The number of ether oxygens (including phenoxy) is 1. The lowest BCUT2D eigenvalue weighted by molar-refractivity contribution is 0.302. The van der Waals surface area contributed by atoms with Gasteiger partial charge in [0, 0.05) is 5.56 Å². The molecule has 0 unspecified atom stereocenters. The number of hydrogen-bond acceptors (Lipinski definition) is 2. The van der Waals surface area contributed by atoms with Gasteiger partial charge in [0.25, 0.3) is 0 Å². The Balaban J connectivity index is 2.04. The Kier molecular flexibility index (Phi) is 4.81. The second-order valence-electron chi connectivity index (χ2n) is 4.71. The molecular weight excluding hydrogens is 246 g/mol. The lowest BCUT2D eigenvalue weighted by Crippen LogP contribution is -1.99. The topological polar surface area (TPSA) is 35.2 Å². The fourth-order valence-electron chi connectivity index (χ4n) is 2.02. The van der Waals surface area contributed by atoms with Gasteiger partial charge < -0.3 is 10.5 Å². The minimum atomic E-state index is 0.386. The van der Waals surface area contributed by atoms with Crippen LogP contribution in [0.4, 0.5) is 0 Å². The van der Waals surface area contributed by atoms with Crippen molar-refractivity contribution in [1.29, 1.82) is 0 Å². The van der Waals surface area contributed by atoms with Crippen molar-refractivity contribution in [3.63, 3.8) is 0 Å². The zero-order valence-corrected chi connectivity index (χ0v) is 11.9. The van der Waals surface area contributed by atoms with Crippen LogP contribution in [0.2, 0.25) is 0 Å². The summed E-state index contributed by atoms with van der Waals surface area (Å²) >= 11 is 0. The summed E-state index contributed by atoms with van der Waals surface area (Å²) in [5.74, 6) is 6.82. The largest absolute Gasteiger partial charge is 0.488 e. The van der Waals surface area contributed by atoms with Gasteiger partial charge in [0.05, 0.1) is 6.54 Å². The zero-order chi connectivity index (χ0) is 14.4. The van der Waals surface area contributed by atoms with Gasteiger partial charge in [-0.25, -0.2) is 0 Å². The van der Waals surface area contributed by atoms with Crippen LogP contribution in [-0.4, -0.2) is 6.54 Å². The van der Waals surface area contributed by atoms with E-state index in [1.165, 1.54) is 0 Å². The summed E-state index contributed by atoms with van der Waals surface area (Å²) in [5, 5.41) is 0. The van der Waals surface area contributed by atoms with Crippen LogP contribution in [0, 0.1) is 25.7 Å². The zero-order valence-electron chi connectivity index (χ0n) is 11.9. The fraction of sp³-hybridized carbons (Fsp3) is 0.222. The molecule has 0 spiro atoms. The van der Waals surface area contributed by atoms with Crippen molar-refractivity contribution in [1.82, 2.24) is 0 Å². The fourth-order valence-corrected chi connectivity index (χ4v) is 2.02. The smallest absolute Gasteiger partial charge is 0.125 e. The van der Waals surface area contributed by atoms with E-state index in [2.05, 4.69) is 37.8 Å². The predicted molar refractivity (Wildman–Crippen MR) is 82.6 cm³/mol. The van der Waals surface area contributed by atoms with E-state index in [-0.39, 0.29) is 0 Å². The summed E-state index contributed by atoms with van der Waals surface area (Å²) in [5.41, 5.74) is 9.79. The second kappa shape index (κ2) is 6.79. The molecule has 2 aromatic rings. The van der Waals surface area contributed by atoms with E-state index in [1.54, 1.807) is 0 Å². The third-order valence-electron chi connectivity index (χ3n) is 3.08. The average molecular weight is 265 g/mol. The Morgan fingerprint density at radius 1 is 1.00 bits per heavy atom. The van der Waals surface area contributed by atoms with Crippen molar-refractivity contribution in [3.05, 3.63) is 64.7 Å². The summed E-state index contributed by atoms with van der Waals surface area (Å²) in [6.07, 6.45) is 0. The molecule has 0 aliphatic rings. The predicted octanol–water partition coefficient (Wildman–Crippen LogP) is 3.19. The first-order chi connectivity index (χ1) is 9.70. The molecule has 2 N–H and O–H groups in total. The summed E-state index contributed by atoms with van der Waals surface area (Å²) < 4.78 is 5.92. The number of para-hydroxylation sites is 1. The van der Waals surface area contributed by atoms with Crippen molar-refractivity contribution in [2.24, 2.45) is 5.73 Å². The van der Waals surface area contributed by atoms with E-state index in [9.17, 15) is 0 Å². The number of aryl methyl sites for hydroxylation is 2. The summed E-state index contributed by atoms with van der Waals surface area (Å²) in [4.78, 5) is 0. The summed E-state index contributed by atoms with van der Waals surface area (Å²) in [7, 11) is 0. The van der Waals surface area contributed by atoms with Crippen LogP contribution in [0.3, 0.4) is 0 Å². The third kappa shape index (κ3) is 3.63. The van der Waals surface area contributed by atoms with Crippen molar-refractivity contribution in [2.45, 2.75) is 20.5 Å². The molecule has 2 nitrogen and oxygen atoms in total. The molecule has 0 aromatic heterocycles. The first-order valence-corrected chi connectivity index (χ1v) is 6.67. The second-order valence-corrected chi connectivity index (χ2v) is 4.71. The van der Waals surface area contributed by atoms with Crippen LogP contribution in [-0.2, 0) is 6.61 Å². The van der Waals surface area contributed by atoms with Crippen molar-refractivity contribution in [2.75, 3.05) is 6.54 Å². The number of benzene rings is 2. The first kappa shape index (κ1) is 14.2. The Hall–Kier alpha value is -2.24. The van der Waals surface area contributed by atoms with Gasteiger partial charge in [-0.05, 0) is 42.7 Å². The highest BCUT2D eigenvalue weighted by Crippen LogP contribution is 2.23. The number of nitrogens with two attached hydrogens (primary N) is 1. The van der Waals surface area contributed by atoms with Crippen LogP contribution in [0.5, 0.6) is 5.75 Å². The van der Waals surface area contributed by atoms with Gasteiger partial charge in [-0.3, -0.25) is 0 Å². The Labute approximate surface area is 120 Å². The van der Waals surface area contributed by atoms with Crippen LogP contribution in [0.1, 0.15) is 22.3 Å². The average Bonchev–Trinajstić information content (AvgIpc) is 2.46. The van der Waals surface area contributed by atoms with Gasteiger partial charge in [0.15, 0.2) is 0 Å². The molecule has 0 aliphatic carbocycles. The van der Waals surface area contributed by atoms with Gasteiger partial charge >= 0.3 is 0 Å². The molecule has 102 valence electrons. The number of hydrogen-bond donors (Lipinski definition) is 1. The van der Waals surface area contributed by atoms with Crippen molar-refractivity contribution >= 4 is 0 Å². The standard InChI is InChI=1S/C18H19NO/c1-14-5-3-6-15(2)18(14)20-13-17-10-8-16(9-11-17)7-4-12-19/h3,5-6,8-11H,12-13,19H2,1-2H3. The van der Waals surface area contributed by atoms with E-state index in [4.69, 9.17) is 10.5 Å². The van der Waals surface area contributed by atoms with Crippen molar-refractivity contribution < 1.29 is 4.74 Å². The molecular formula is C18H19NO. The van der Waals surface area contributed by atoms with Gasteiger partial charge in [-0.1, -0.05) is 42.2 Å². The molecule has 0 saturated carbocycles. The van der Waals surface area contributed by atoms with Crippen LogP contribution < -0.4 is 10.5 Å². The molecule has 0 atom stereocenters. The van der Waals surface area contributed by atoms with Crippen LogP contribution in [0.25, 0.3) is 0 Å². The molecule has 2 rings (SSSR count). The van der Waals surface area contributed by atoms with E-state index < -0.39 is 0 Å². The van der Waals surface area contributed by atoms with E-state index in [0.29, 0.717) is 13.2 Å². The Morgan fingerprint density at radius 3 is 2.25 bits per heavy atom. The number of rotatable bonds is 3. The highest BCUT2D eigenvalue weighted by Gasteiger charge is 2.03. The lowest BCUT2D eigenvalue weighted by atomic mass is 10.1. The molecule has 0 aliphatic heterocycles. The molecule has 20 heavy (non-hydrogen) atoms. The summed E-state index contributed by atoms with van der Waals surface area (Å²) in [6.45, 7) is 5.08. The lowest BCUT2D eigenvalue weighted by Gasteiger charge is -2.11. The molecule has 0 amide bonds. The molecule has 2 aromatic carbocycles. The van der Waals surface area contributed by atoms with Crippen LogP contribution >= 0.6 is 0 Å². The Bertz CT molecular complexity index is 612. The van der Waals surface area contributed by atoms with Crippen LogP contribution in [0.15, 0.2) is 42.5 Å². The maximum Gasteiger partial charge on any atom is 0.125 e. The molecule has 0 heterocycles. The highest BCUT2D eigenvalue weighted by molar-refractivity contribution is 5.40. The third-order valence-corrected chi connectivity index (χ3v) is 3.08. The molecule has 2 heteroatoms. The minimum Gasteiger partial charge on any atom is -0.488 e. The molecule has 0 radical (unpaired) electrons. The van der Waals surface area contributed by atoms with Gasteiger partial charge in [0.1, 0.15) is 12.4 Å². The van der Waals surface area contributed by atoms with E-state index >= 15 is 0 Å². The summed E-state index contributed by atoms with van der Waals surface area (Å²) in [6, 6.07) is 14.2. The minimum absolute atomic E-state index is 0.386. The molecule has 0 saturated heterocycles. The Morgan fingerprint density at radius 2 is 1.65 bits per heavy atom. The molecule has 0 fully saturated rings. The quantitative estimate of drug-likeness (QED) is 0.865. The maximum absolute atomic E-state index is 5.92. The van der Waals surface area contributed by atoms with Gasteiger partial charge in [0.2, 0.25) is 0 Å². The van der Waals surface area contributed by atoms with E-state index in [1.807, 2.05) is 30.3 Å². The van der Waals surface area contributed by atoms with Gasteiger partial charge in [-0.2, -0.15) is 0 Å².